The van der Waals surface area contributed by atoms with Crippen molar-refractivity contribution in [3.05, 3.63) is 70.4 Å². The summed E-state index contributed by atoms with van der Waals surface area (Å²) in [6.45, 7) is 2.78. The van der Waals surface area contributed by atoms with Crippen LogP contribution in [0.4, 0.5) is 11.4 Å². The van der Waals surface area contributed by atoms with Gasteiger partial charge in [-0.25, -0.2) is 0 Å². The fourth-order valence-electron chi connectivity index (χ4n) is 3.44. The zero-order valence-electron chi connectivity index (χ0n) is 15.1. The van der Waals surface area contributed by atoms with Crippen LogP contribution in [0.2, 0.25) is 10.0 Å². The van der Waals surface area contributed by atoms with E-state index in [4.69, 9.17) is 27.6 Å². The van der Waals surface area contributed by atoms with Crippen LogP contribution in [0.3, 0.4) is 0 Å². The van der Waals surface area contributed by atoms with E-state index in [1.54, 1.807) is 0 Å². The van der Waals surface area contributed by atoms with Crippen molar-refractivity contribution in [2.75, 3.05) is 23.3 Å². The van der Waals surface area contributed by atoms with Crippen molar-refractivity contribution in [2.45, 2.75) is 25.8 Å². The van der Waals surface area contributed by atoms with Crippen LogP contribution in [-0.2, 0) is 6.54 Å². The molecular formula is C22H22Cl2N2O. The standard InChI is InChI=1S/C22H22Cl2N2O/c23-17-6-4-16(5-7-17)22-11-9-19(27-22)15-25-18-8-10-21(20(24)14-18)26-12-2-1-3-13-26/h4-11,14,25H,1-3,12-13,15H2. The van der Waals surface area contributed by atoms with E-state index in [1.807, 2.05) is 42.5 Å². The van der Waals surface area contributed by atoms with Crippen LogP contribution in [0.5, 0.6) is 0 Å². The third-order valence-corrected chi connectivity index (χ3v) is 5.46. The van der Waals surface area contributed by atoms with Gasteiger partial charge in [0.1, 0.15) is 11.5 Å². The quantitative estimate of drug-likeness (QED) is 0.507. The van der Waals surface area contributed by atoms with Crippen molar-refractivity contribution < 1.29 is 4.42 Å². The average molecular weight is 401 g/mol. The van der Waals surface area contributed by atoms with Gasteiger partial charge in [0.2, 0.25) is 0 Å². The van der Waals surface area contributed by atoms with Gasteiger partial charge in [-0.3, -0.25) is 0 Å². The van der Waals surface area contributed by atoms with Crippen LogP contribution in [0.25, 0.3) is 11.3 Å². The Balaban J connectivity index is 1.40. The van der Waals surface area contributed by atoms with Gasteiger partial charge in [-0.2, -0.15) is 0 Å². The third-order valence-electron chi connectivity index (χ3n) is 4.90. The minimum Gasteiger partial charge on any atom is -0.459 e. The molecule has 140 valence electrons. The highest BCUT2D eigenvalue weighted by Gasteiger charge is 2.14. The lowest BCUT2D eigenvalue weighted by molar-refractivity contribution is 0.531. The number of hydrogen-bond donors (Lipinski definition) is 1. The molecule has 2 aromatic carbocycles. The Hall–Kier alpha value is -2.10. The van der Waals surface area contributed by atoms with Crippen molar-refractivity contribution in [1.82, 2.24) is 0 Å². The van der Waals surface area contributed by atoms with Crippen LogP contribution in [0.15, 0.2) is 59.0 Å². The molecule has 0 radical (unpaired) electrons. The molecule has 0 spiro atoms. The first kappa shape index (κ1) is 18.3. The number of benzene rings is 2. The highest BCUT2D eigenvalue weighted by atomic mass is 35.5. The minimum absolute atomic E-state index is 0.604. The maximum Gasteiger partial charge on any atom is 0.134 e. The van der Waals surface area contributed by atoms with Crippen LogP contribution < -0.4 is 10.2 Å². The summed E-state index contributed by atoms with van der Waals surface area (Å²) in [7, 11) is 0. The fraction of sp³-hybridized carbons (Fsp3) is 0.273. The molecule has 1 aliphatic rings. The summed E-state index contributed by atoms with van der Waals surface area (Å²) in [6, 6.07) is 17.8. The van der Waals surface area contributed by atoms with Crippen molar-refractivity contribution >= 4 is 34.6 Å². The number of rotatable bonds is 5. The normalized spacial score (nSPS) is 14.4. The maximum absolute atomic E-state index is 6.53. The SMILES string of the molecule is Clc1ccc(-c2ccc(CNc3ccc(N4CCCCC4)c(Cl)c3)o2)cc1. The van der Waals surface area contributed by atoms with Crippen LogP contribution >= 0.6 is 23.2 Å². The molecule has 1 N–H and O–H groups in total. The van der Waals surface area contributed by atoms with Crippen LogP contribution in [-0.4, -0.2) is 13.1 Å². The fourth-order valence-corrected chi connectivity index (χ4v) is 3.87. The summed E-state index contributed by atoms with van der Waals surface area (Å²) >= 11 is 12.5. The van der Waals surface area contributed by atoms with E-state index in [0.717, 1.165) is 51.6 Å². The van der Waals surface area contributed by atoms with Crippen molar-refractivity contribution in [1.29, 1.82) is 0 Å². The van der Waals surface area contributed by atoms with Crippen molar-refractivity contribution in [3.63, 3.8) is 0 Å². The van der Waals surface area contributed by atoms with Gasteiger partial charge in [-0.1, -0.05) is 23.2 Å². The number of furan rings is 1. The molecule has 27 heavy (non-hydrogen) atoms. The zero-order valence-corrected chi connectivity index (χ0v) is 16.6. The molecule has 3 nitrogen and oxygen atoms in total. The molecule has 0 bridgehead atoms. The van der Waals surface area contributed by atoms with Gasteiger partial charge in [0, 0.05) is 29.4 Å². The number of anilines is 2. The lowest BCUT2D eigenvalue weighted by atomic mass is 10.1. The molecule has 1 aliphatic heterocycles. The Morgan fingerprint density at radius 2 is 1.67 bits per heavy atom. The molecule has 0 aliphatic carbocycles. The van der Waals surface area contributed by atoms with E-state index in [9.17, 15) is 0 Å². The summed E-state index contributed by atoms with van der Waals surface area (Å²) in [4.78, 5) is 2.38. The van der Waals surface area contributed by atoms with E-state index in [-0.39, 0.29) is 0 Å². The molecule has 1 saturated heterocycles. The minimum atomic E-state index is 0.604. The molecule has 1 aromatic heterocycles. The predicted octanol–water partition coefficient (Wildman–Crippen LogP) is 6.86. The lowest BCUT2D eigenvalue weighted by Gasteiger charge is -2.29. The maximum atomic E-state index is 6.53. The molecular weight excluding hydrogens is 379 g/mol. The van der Waals surface area contributed by atoms with Gasteiger partial charge in [0.25, 0.3) is 0 Å². The zero-order chi connectivity index (χ0) is 18.6. The summed E-state index contributed by atoms with van der Waals surface area (Å²) in [5, 5.41) is 4.90. The van der Waals surface area contributed by atoms with Gasteiger partial charge >= 0.3 is 0 Å². The molecule has 0 amide bonds. The second-order valence-corrected chi connectivity index (χ2v) is 7.68. The Kier molecular flexibility index (Phi) is 5.61. The third kappa shape index (κ3) is 4.42. The monoisotopic (exact) mass is 400 g/mol. The average Bonchev–Trinajstić information content (AvgIpc) is 3.17. The van der Waals surface area contributed by atoms with E-state index < -0.39 is 0 Å². The summed E-state index contributed by atoms with van der Waals surface area (Å²) < 4.78 is 5.93. The highest BCUT2D eigenvalue weighted by Crippen LogP contribution is 2.31. The van der Waals surface area contributed by atoms with Gasteiger partial charge in [0.15, 0.2) is 0 Å². The van der Waals surface area contributed by atoms with E-state index in [2.05, 4.69) is 22.3 Å². The number of halogens is 2. The lowest BCUT2D eigenvalue weighted by Crippen LogP contribution is -2.29. The summed E-state index contributed by atoms with van der Waals surface area (Å²) in [5.74, 6) is 1.71. The molecule has 5 heteroatoms. The number of hydrogen-bond acceptors (Lipinski definition) is 3. The smallest absolute Gasteiger partial charge is 0.134 e. The topological polar surface area (TPSA) is 28.4 Å². The predicted molar refractivity (Wildman–Crippen MR) is 114 cm³/mol. The number of nitrogens with one attached hydrogen (secondary N) is 1. The molecule has 1 fully saturated rings. The Labute approximate surface area is 169 Å². The summed E-state index contributed by atoms with van der Waals surface area (Å²) in [6.07, 6.45) is 3.80. The highest BCUT2D eigenvalue weighted by molar-refractivity contribution is 6.33. The largest absolute Gasteiger partial charge is 0.459 e. The van der Waals surface area contributed by atoms with Crippen LogP contribution in [0, 0.1) is 0 Å². The first-order chi connectivity index (χ1) is 13.2. The summed E-state index contributed by atoms with van der Waals surface area (Å²) in [5.41, 5.74) is 3.13. The second-order valence-electron chi connectivity index (χ2n) is 6.84. The van der Waals surface area contributed by atoms with Gasteiger partial charge in [-0.05, 0) is 73.9 Å². The Bertz CT molecular complexity index is 899. The Morgan fingerprint density at radius 1 is 0.889 bits per heavy atom. The molecule has 2 heterocycles. The Morgan fingerprint density at radius 3 is 2.41 bits per heavy atom. The van der Waals surface area contributed by atoms with Crippen molar-refractivity contribution in [3.8, 4) is 11.3 Å². The van der Waals surface area contributed by atoms with E-state index >= 15 is 0 Å². The van der Waals surface area contributed by atoms with Gasteiger partial charge in [0.05, 0.1) is 17.3 Å². The van der Waals surface area contributed by atoms with Gasteiger partial charge in [-0.15, -0.1) is 0 Å². The van der Waals surface area contributed by atoms with E-state index in [0.29, 0.717) is 6.54 Å². The number of piperidine rings is 1. The molecule has 3 aromatic rings. The second kappa shape index (κ2) is 8.28. The van der Waals surface area contributed by atoms with Crippen LogP contribution in [0.1, 0.15) is 25.0 Å². The van der Waals surface area contributed by atoms with Crippen molar-refractivity contribution in [2.24, 2.45) is 0 Å². The molecule has 4 rings (SSSR count). The first-order valence-electron chi connectivity index (χ1n) is 9.32. The molecule has 0 unspecified atom stereocenters. The molecule has 0 atom stereocenters. The van der Waals surface area contributed by atoms with E-state index in [1.165, 1.54) is 19.3 Å². The molecule has 0 saturated carbocycles. The van der Waals surface area contributed by atoms with Gasteiger partial charge < -0.3 is 14.6 Å². The first-order valence-corrected chi connectivity index (χ1v) is 10.1. The number of nitrogens with zero attached hydrogens (tertiary/aromatic N) is 1.